The fourth-order valence-electron chi connectivity index (χ4n) is 2.30. The number of carbonyl (C=O) groups excluding carboxylic acids is 2. The van der Waals surface area contributed by atoms with E-state index < -0.39 is 12.1 Å². The summed E-state index contributed by atoms with van der Waals surface area (Å²) in [5, 5.41) is 0. The Hall–Kier alpha value is -1.99. The molecule has 0 saturated carbocycles. The van der Waals surface area contributed by atoms with Crippen LogP contribution in [0.1, 0.15) is 17.3 Å². The number of thiazole rings is 1. The summed E-state index contributed by atoms with van der Waals surface area (Å²) in [5.74, 6) is -0.681. The Kier molecular flexibility index (Phi) is 4.35. The van der Waals surface area contributed by atoms with E-state index in [1.165, 1.54) is 11.3 Å². The highest BCUT2D eigenvalue weighted by Gasteiger charge is 2.25. The summed E-state index contributed by atoms with van der Waals surface area (Å²) in [5.41, 5.74) is 3.00. The first-order valence-electron chi connectivity index (χ1n) is 7.06. The molecular weight excluding hydrogens is 304 g/mol. The van der Waals surface area contributed by atoms with Crippen molar-refractivity contribution in [2.45, 2.75) is 13.0 Å². The molecule has 0 bridgehead atoms. The number of hydrogen-bond acceptors (Lipinski definition) is 6. The van der Waals surface area contributed by atoms with Gasteiger partial charge in [0.2, 0.25) is 0 Å². The Morgan fingerprint density at radius 3 is 2.91 bits per heavy atom. The fraction of sp³-hybridized carbons (Fsp3) is 0.400. The molecule has 1 aromatic carbocycles. The molecule has 116 valence electrons. The number of amides is 1. The molecule has 1 aliphatic heterocycles. The van der Waals surface area contributed by atoms with Crippen LogP contribution in [0.4, 0.5) is 0 Å². The highest BCUT2D eigenvalue weighted by Crippen LogP contribution is 2.20. The number of benzene rings is 1. The van der Waals surface area contributed by atoms with Crippen LogP contribution < -0.4 is 0 Å². The van der Waals surface area contributed by atoms with Crippen LogP contribution in [0.25, 0.3) is 10.2 Å². The number of ether oxygens (including phenoxy) is 2. The normalized spacial score (nSPS) is 16.5. The molecule has 0 N–H and O–H groups in total. The summed E-state index contributed by atoms with van der Waals surface area (Å²) in [6, 6.07) is 5.18. The number of morpholine rings is 1. The SMILES string of the molecule is CC(OC(=O)c1ccc2ncsc2c1)C(=O)N1CCOCC1. The third kappa shape index (κ3) is 3.10. The van der Waals surface area contributed by atoms with Crippen molar-refractivity contribution in [3.8, 4) is 0 Å². The third-order valence-electron chi connectivity index (χ3n) is 3.52. The molecule has 1 atom stereocenters. The number of fused-ring (bicyclic) bond motifs is 1. The Bertz CT molecular complexity index is 694. The van der Waals surface area contributed by atoms with Gasteiger partial charge in [0, 0.05) is 13.1 Å². The number of aromatic nitrogens is 1. The molecule has 22 heavy (non-hydrogen) atoms. The topological polar surface area (TPSA) is 68.7 Å². The molecule has 1 fully saturated rings. The van der Waals surface area contributed by atoms with Crippen LogP contribution in [0.15, 0.2) is 23.7 Å². The number of hydrogen-bond donors (Lipinski definition) is 0. The van der Waals surface area contributed by atoms with Crippen molar-refractivity contribution in [1.29, 1.82) is 0 Å². The lowest BCUT2D eigenvalue weighted by molar-refractivity contribution is -0.143. The van der Waals surface area contributed by atoms with Crippen molar-refractivity contribution >= 4 is 33.4 Å². The van der Waals surface area contributed by atoms with Crippen LogP contribution in [0.2, 0.25) is 0 Å². The van der Waals surface area contributed by atoms with E-state index in [4.69, 9.17) is 9.47 Å². The van der Waals surface area contributed by atoms with Crippen molar-refractivity contribution in [3.63, 3.8) is 0 Å². The standard InChI is InChI=1S/C15H16N2O4S/c1-10(14(18)17-4-6-20-7-5-17)21-15(19)11-2-3-12-13(8-11)22-9-16-12/h2-3,8-10H,4-7H2,1H3. The van der Waals surface area contributed by atoms with E-state index in [1.807, 2.05) is 0 Å². The van der Waals surface area contributed by atoms with Crippen LogP contribution in [0.5, 0.6) is 0 Å². The average molecular weight is 320 g/mol. The van der Waals surface area contributed by atoms with E-state index in [9.17, 15) is 9.59 Å². The van der Waals surface area contributed by atoms with Gasteiger partial charge in [-0.2, -0.15) is 0 Å². The summed E-state index contributed by atoms with van der Waals surface area (Å²) < 4.78 is 11.4. The molecule has 0 radical (unpaired) electrons. The minimum Gasteiger partial charge on any atom is -0.449 e. The van der Waals surface area contributed by atoms with Crippen molar-refractivity contribution < 1.29 is 19.1 Å². The third-order valence-corrected chi connectivity index (χ3v) is 4.31. The Balaban J connectivity index is 1.65. The second-order valence-electron chi connectivity index (χ2n) is 5.02. The smallest absolute Gasteiger partial charge is 0.338 e. The summed E-state index contributed by atoms with van der Waals surface area (Å²) in [7, 11) is 0. The van der Waals surface area contributed by atoms with Gasteiger partial charge in [-0.15, -0.1) is 11.3 Å². The molecule has 1 saturated heterocycles. The molecule has 2 aromatic rings. The van der Waals surface area contributed by atoms with Crippen molar-refractivity contribution in [2.24, 2.45) is 0 Å². The van der Waals surface area contributed by atoms with Gasteiger partial charge in [0.15, 0.2) is 6.10 Å². The first-order valence-corrected chi connectivity index (χ1v) is 7.94. The molecule has 1 amide bonds. The zero-order valence-corrected chi connectivity index (χ0v) is 13.0. The van der Waals surface area contributed by atoms with Gasteiger partial charge in [-0.1, -0.05) is 0 Å². The van der Waals surface area contributed by atoms with Gasteiger partial charge in [-0.25, -0.2) is 9.78 Å². The lowest BCUT2D eigenvalue weighted by atomic mass is 10.2. The highest BCUT2D eigenvalue weighted by atomic mass is 32.1. The summed E-state index contributed by atoms with van der Waals surface area (Å²) in [4.78, 5) is 30.2. The lowest BCUT2D eigenvalue weighted by Crippen LogP contribution is -2.46. The number of esters is 1. The van der Waals surface area contributed by atoms with Gasteiger partial charge < -0.3 is 14.4 Å². The molecule has 0 spiro atoms. The van der Waals surface area contributed by atoms with Gasteiger partial charge in [-0.3, -0.25) is 4.79 Å². The summed E-state index contributed by atoms with van der Waals surface area (Å²) in [6.07, 6.45) is -0.803. The maximum Gasteiger partial charge on any atom is 0.338 e. The first-order chi connectivity index (χ1) is 10.6. The van der Waals surface area contributed by atoms with E-state index in [-0.39, 0.29) is 5.91 Å². The van der Waals surface area contributed by atoms with Gasteiger partial charge in [0.05, 0.1) is 34.5 Å². The van der Waals surface area contributed by atoms with Gasteiger partial charge in [-0.05, 0) is 25.1 Å². The van der Waals surface area contributed by atoms with Crippen LogP contribution in [-0.4, -0.2) is 54.2 Å². The van der Waals surface area contributed by atoms with Gasteiger partial charge >= 0.3 is 5.97 Å². The van der Waals surface area contributed by atoms with Crippen LogP contribution in [0.3, 0.4) is 0 Å². The fourth-order valence-corrected chi connectivity index (χ4v) is 3.02. The van der Waals surface area contributed by atoms with E-state index in [2.05, 4.69) is 4.98 Å². The molecule has 0 aliphatic carbocycles. The maximum atomic E-state index is 12.2. The van der Waals surface area contributed by atoms with Crippen LogP contribution in [-0.2, 0) is 14.3 Å². The molecule has 1 aromatic heterocycles. The molecule has 6 nitrogen and oxygen atoms in total. The zero-order chi connectivity index (χ0) is 15.5. The predicted molar refractivity (Wildman–Crippen MR) is 81.9 cm³/mol. The average Bonchev–Trinajstić information content (AvgIpc) is 3.02. The second kappa shape index (κ2) is 6.41. The molecular formula is C15H16N2O4S. The molecule has 3 rings (SSSR count). The van der Waals surface area contributed by atoms with Gasteiger partial charge in [0.1, 0.15) is 0 Å². The summed E-state index contributed by atoms with van der Waals surface area (Å²) >= 11 is 1.46. The molecule has 7 heteroatoms. The highest BCUT2D eigenvalue weighted by molar-refractivity contribution is 7.16. The lowest BCUT2D eigenvalue weighted by Gasteiger charge is -2.28. The van der Waals surface area contributed by atoms with Crippen LogP contribution in [0, 0.1) is 0 Å². The number of nitrogens with zero attached hydrogens (tertiary/aromatic N) is 2. The monoisotopic (exact) mass is 320 g/mol. The van der Waals surface area contributed by atoms with Gasteiger partial charge in [0.25, 0.3) is 5.91 Å². The quantitative estimate of drug-likeness (QED) is 0.805. The molecule has 2 heterocycles. The van der Waals surface area contributed by atoms with Crippen molar-refractivity contribution in [1.82, 2.24) is 9.88 Å². The zero-order valence-electron chi connectivity index (χ0n) is 12.2. The Morgan fingerprint density at radius 1 is 1.36 bits per heavy atom. The molecule has 1 unspecified atom stereocenters. The Labute approximate surface area is 131 Å². The predicted octanol–water partition coefficient (Wildman–Crippen LogP) is 1.70. The van der Waals surface area contributed by atoms with Crippen molar-refractivity contribution in [2.75, 3.05) is 26.3 Å². The van der Waals surface area contributed by atoms with E-state index in [0.717, 1.165) is 10.2 Å². The van der Waals surface area contributed by atoms with E-state index in [1.54, 1.807) is 35.5 Å². The minimum atomic E-state index is -0.803. The number of carbonyl (C=O) groups is 2. The first kappa shape index (κ1) is 14.9. The van der Waals surface area contributed by atoms with Crippen molar-refractivity contribution in [3.05, 3.63) is 29.3 Å². The second-order valence-corrected chi connectivity index (χ2v) is 5.91. The van der Waals surface area contributed by atoms with E-state index in [0.29, 0.717) is 31.9 Å². The van der Waals surface area contributed by atoms with E-state index >= 15 is 0 Å². The maximum absolute atomic E-state index is 12.2. The molecule has 1 aliphatic rings. The number of rotatable bonds is 3. The largest absolute Gasteiger partial charge is 0.449 e. The minimum absolute atomic E-state index is 0.185. The Morgan fingerprint density at radius 2 is 2.14 bits per heavy atom. The summed E-state index contributed by atoms with van der Waals surface area (Å²) in [6.45, 7) is 3.71. The van der Waals surface area contributed by atoms with Crippen LogP contribution >= 0.6 is 11.3 Å².